The summed E-state index contributed by atoms with van der Waals surface area (Å²) in [6.07, 6.45) is -4.14. The number of nitrogens with zero attached hydrogens (tertiary/aromatic N) is 1. The Bertz CT molecular complexity index is 296. The van der Waals surface area contributed by atoms with Crippen LogP contribution in [0.25, 0.3) is 0 Å². The van der Waals surface area contributed by atoms with Crippen LogP contribution in [-0.2, 0) is 9.53 Å². The number of aliphatic carboxylic acids is 1. The summed E-state index contributed by atoms with van der Waals surface area (Å²) in [5, 5.41) is 8.64. The third-order valence-corrected chi connectivity index (χ3v) is 3.41. The molecule has 1 saturated heterocycles. The SMILES string of the molecule is COC1CN(CC(C(=O)O)C(F)(F)F)CCC1C. The Morgan fingerprint density at radius 2 is 2.17 bits per heavy atom. The number of likely N-dealkylation sites (tertiary alicyclic amines) is 1. The summed E-state index contributed by atoms with van der Waals surface area (Å²) in [5.74, 6) is -3.88. The number of carboxylic acid groups (broad SMARTS) is 1. The van der Waals surface area contributed by atoms with Crippen molar-refractivity contribution in [1.29, 1.82) is 0 Å². The van der Waals surface area contributed by atoms with Crippen molar-refractivity contribution >= 4 is 5.97 Å². The van der Waals surface area contributed by atoms with Crippen molar-refractivity contribution in [1.82, 2.24) is 4.90 Å². The summed E-state index contributed by atoms with van der Waals surface area (Å²) in [6.45, 7) is 2.29. The van der Waals surface area contributed by atoms with Gasteiger partial charge >= 0.3 is 12.1 Å². The predicted molar refractivity (Wildman–Crippen MR) is 58.2 cm³/mol. The summed E-state index contributed by atoms with van der Waals surface area (Å²) in [6, 6.07) is 0. The molecule has 3 atom stereocenters. The van der Waals surface area contributed by atoms with Gasteiger partial charge in [-0.15, -0.1) is 0 Å². The number of hydrogen-bond donors (Lipinski definition) is 1. The number of carbonyl (C=O) groups is 1. The summed E-state index contributed by atoms with van der Waals surface area (Å²) in [4.78, 5) is 12.2. The van der Waals surface area contributed by atoms with Crippen LogP contribution in [0.4, 0.5) is 13.2 Å². The van der Waals surface area contributed by atoms with E-state index in [0.717, 1.165) is 0 Å². The maximum Gasteiger partial charge on any atom is 0.403 e. The summed E-state index contributed by atoms with van der Waals surface area (Å²) >= 11 is 0. The monoisotopic (exact) mass is 269 g/mol. The van der Waals surface area contributed by atoms with Crippen molar-refractivity contribution in [3.8, 4) is 0 Å². The summed E-state index contributed by atoms with van der Waals surface area (Å²) in [7, 11) is 1.52. The van der Waals surface area contributed by atoms with Gasteiger partial charge in [-0.3, -0.25) is 9.69 Å². The van der Waals surface area contributed by atoms with Crippen LogP contribution in [0.3, 0.4) is 0 Å². The van der Waals surface area contributed by atoms with Crippen molar-refractivity contribution < 1.29 is 27.8 Å². The van der Waals surface area contributed by atoms with Crippen LogP contribution in [-0.4, -0.2) is 55.0 Å². The third kappa shape index (κ3) is 3.84. The molecule has 1 heterocycles. The number of methoxy groups -OCH3 is 1. The minimum Gasteiger partial charge on any atom is -0.481 e. The molecule has 0 spiro atoms. The van der Waals surface area contributed by atoms with Gasteiger partial charge in [0.05, 0.1) is 6.10 Å². The maximum atomic E-state index is 12.5. The minimum atomic E-state index is -4.71. The summed E-state index contributed by atoms with van der Waals surface area (Å²) < 4.78 is 42.8. The molecule has 106 valence electrons. The second-order valence-electron chi connectivity index (χ2n) is 4.73. The van der Waals surface area contributed by atoms with Crippen LogP contribution in [0.2, 0.25) is 0 Å². The molecule has 1 N–H and O–H groups in total. The fourth-order valence-corrected chi connectivity index (χ4v) is 2.15. The smallest absolute Gasteiger partial charge is 0.403 e. The Hall–Kier alpha value is -0.820. The number of hydrogen-bond acceptors (Lipinski definition) is 3. The van der Waals surface area contributed by atoms with E-state index >= 15 is 0 Å². The number of piperidine rings is 1. The maximum absolute atomic E-state index is 12.5. The molecule has 0 aromatic rings. The molecule has 0 bridgehead atoms. The predicted octanol–water partition coefficient (Wildman–Crippen LogP) is 1.61. The molecule has 0 aromatic carbocycles. The first kappa shape index (κ1) is 15.2. The Kier molecular flexibility index (Phi) is 4.98. The summed E-state index contributed by atoms with van der Waals surface area (Å²) in [5.41, 5.74) is 0. The van der Waals surface area contributed by atoms with Crippen molar-refractivity contribution in [2.75, 3.05) is 26.7 Å². The molecule has 0 radical (unpaired) electrons. The molecule has 1 fully saturated rings. The Morgan fingerprint density at radius 3 is 2.61 bits per heavy atom. The van der Waals surface area contributed by atoms with Crippen LogP contribution in [0, 0.1) is 11.8 Å². The van der Waals surface area contributed by atoms with Gasteiger partial charge in [-0.1, -0.05) is 6.92 Å². The van der Waals surface area contributed by atoms with E-state index in [-0.39, 0.29) is 12.0 Å². The average molecular weight is 269 g/mol. The quantitative estimate of drug-likeness (QED) is 0.842. The lowest BCUT2D eigenvalue weighted by Gasteiger charge is -2.37. The van der Waals surface area contributed by atoms with Crippen LogP contribution < -0.4 is 0 Å². The first-order valence-corrected chi connectivity index (χ1v) is 5.80. The lowest BCUT2D eigenvalue weighted by molar-refractivity contribution is -0.198. The van der Waals surface area contributed by atoms with Gasteiger partial charge in [0.25, 0.3) is 0 Å². The van der Waals surface area contributed by atoms with E-state index in [4.69, 9.17) is 9.84 Å². The highest BCUT2D eigenvalue weighted by Crippen LogP contribution is 2.29. The van der Waals surface area contributed by atoms with Gasteiger partial charge in [0.15, 0.2) is 5.92 Å². The first-order valence-electron chi connectivity index (χ1n) is 5.80. The highest BCUT2D eigenvalue weighted by atomic mass is 19.4. The molecule has 1 aliphatic rings. The van der Waals surface area contributed by atoms with Gasteiger partial charge in [-0.05, 0) is 18.9 Å². The molecule has 18 heavy (non-hydrogen) atoms. The van der Waals surface area contributed by atoms with Gasteiger partial charge in [-0.25, -0.2) is 0 Å². The molecule has 1 rings (SSSR count). The Morgan fingerprint density at radius 1 is 1.56 bits per heavy atom. The highest BCUT2D eigenvalue weighted by Gasteiger charge is 2.46. The molecule has 3 unspecified atom stereocenters. The number of ether oxygens (including phenoxy) is 1. The molecule has 7 heteroatoms. The number of rotatable bonds is 4. The number of alkyl halides is 3. The van der Waals surface area contributed by atoms with Crippen LogP contribution in [0.15, 0.2) is 0 Å². The zero-order chi connectivity index (χ0) is 13.9. The second-order valence-corrected chi connectivity index (χ2v) is 4.73. The van der Waals surface area contributed by atoms with Gasteiger partial charge in [0.2, 0.25) is 0 Å². The molecular formula is C11H18F3NO3. The zero-order valence-corrected chi connectivity index (χ0v) is 10.4. The van der Waals surface area contributed by atoms with Crippen LogP contribution >= 0.6 is 0 Å². The molecule has 1 aliphatic heterocycles. The van der Waals surface area contributed by atoms with Gasteiger partial charge in [0, 0.05) is 20.2 Å². The average Bonchev–Trinajstić information content (AvgIpc) is 2.25. The normalized spacial score (nSPS) is 28.1. The number of halogens is 3. The second kappa shape index (κ2) is 5.88. The molecule has 0 amide bonds. The first-order chi connectivity index (χ1) is 8.25. The van der Waals surface area contributed by atoms with Crippen LogP contribution in [0.1, 0.15) is 13.3 Å². The zero-order valence-electron chi connectivity index (χ0n) is 10.4. The van der Waals surface area contributed by atoms with E-state index in [1.54, 1.807) is 0 Å². The minimum absolute atomic E-state index is 0.138. The molecule has 4 nitrogen and oxygen atoms in total. The van der Waals surface area contributed by atoms with Crippen molar-refractivity contribution in [3.05, 3.63) is 0 Å². The fourth-order valence-electron chi connectivity index (χ4n) is 2.15. The number of carboxylic acids is 1. The fraction of sp³-hybridized carbons (Fsp3) is 0.909. The van der Waals surface area contributed by atoms with Gasteiger partial charge < -0.3 is 9.84 Å². The van der Waals surface area contributed by atoms with Gasteiger partial charge in [0.1, 0.15) is 0 Å². The highest BCUT2D eigenvalue weighted by molar-refractivity contribution is 5.71. The molecule has 0 aromatic heterocycles. The van der Waals surface area contributed by atoms with E-state index in [1.807, 2.05) is 6.92 Å². The standard InChI is InChI=1S/C11H18F3NO3/c1-7-3-4-15(6-9(7)18-2)5-8(10(16)17)11(12,13)14/h7-9H,3-6H2,1-2H3,(H,16,17). The van der Waals surface area contributed by atoms with E-state index in [9.17, 15) is 18.0 Å². The Balaban J connectivity index is 2.63. The van der Waals surface area contributed by atoms with Crippen molar-refractivity contribution in [2.24, 2.45) is 11.8 Å². The molecule has 0 saturated carbocycles. The van der Waals surface area contributed by atoms with E-state index < -0.39 is 24.6 Å². The van der Waals surface area contributed by atoms with E-state index in [2.05, 4.69) is 0 Å². The van der Waals surface area contributed by atoms with Crippen molar-refractivity contribution in [2.45, 2.75) is 25.6 Å². The molecular weight excluding hydrogens is 251 g/mol. The topological polar surface area (TPSA) is 49.8 Å². The largest absolute Gasteiger partial charge is 0.481 e. The van der Waals surface area contributed by atoms with Crippen LogP contribution in [0.5, 0.6) is 0 Å². The molecule has 0 aliphatic carbocycles. The van der Waals surface area contributed by atoms with E-state index in [0.29, 0.717) is 19.5 Å². The lowest BCUT2D eigenvalue weighted by atomic mass is 9.95. The lowest BCUT2D eigenvalue weighted by Crippen LogP contribution is -2.49. The third-order valence-electron chi connectivity index (χ3n) is 3.41. The van der Waals surface area contributed by atoms with Gasteiger partial charge in [-0.2, -0.15) is 13.2 Å². The van der Waals surface area contributed by atoms with E-state index in [1.165, 1.54) is 12.0 Å². The van der Waals surface area contributed by atoms with Crippen molar-refractivity contribution in [3.63, 3.8) is 0 Å². The Labute approximate surface area is 104 Å².